The van der Waals surface area contributed by atoms with E-state index < -0.39 is 0 Å². The molecular weight excluding hydrogens is 340 g/mol. The van der Waals surface area contributed by atoms with Crippen molar-refractivity contribution in [2.75, 3.05) is 56.2 Å². The number of hydrogen-bond donors (Lipinski definition) is 1. The van der Waals surface area contributed by atoms with Gasteiger partial charge in [0.15, 0.2) is 0 Å². The number of carbonyl (C=O) groups is 1. The summed E-state index contributed by atoms with van der Waals surface area (Å²) in [6.07, 6.45) is 3.93. The molecule has 4 rings (SSSR count). The fourth-order valence-electron chi connectivity index (χ4n) is 4.69. The molecule has 6 nitrogen and oxygen atoms in total. The van der Waals surface area contributed by atoms with Crippen LogP contribution in [0.15, 0.2) is 18.2 Å². The van der Waals surface area contributed by atoms with Crippen LogP contribution in [0, 0.1) is 6.92 Å². The Morgan fingerprint density at radius 3 is 2.67 bits per heavy atom. The molecule has 0 bridgehead atoms. The highest BCUT2D eigenvalue weighted by Crippen LogP contribution is 2.30. The summed E-state index contributed by atoms with van der Waals surface area (Å²) in [6.45, 7) is 10.5. The standard InChI is InChI=1S/C21H32N4O2/c1-16-14-18(24-9-7-19(15-24)25-8-3-4-17(25)2)5-6-20(16)22-21(26)23-10-12-27-13-11-23/h5-6,14,17,19H,3-4,7-13,15H2,1-2H3,(H,22,26)/t17-,19-/m0/s1. The summed E-state index contributed by atoms with van der Waals surface area (Å²) < 4.78 is 5.32. The maximum atomic E-state index is 12.4. The molecule has 0 aliphatic carbocycles. The molecule has 0 spiro atoms. The molecule has 1 aromatic rings. The highest BCUT2D eigenvalue weighted by Gasteiger charge is 2.33. The van der Waals surface area contributed by atoms with Crippen LogP contribution in [0.5, 0.6) is 0 Å². The summed E-state index contributed by atoms with van der Waals surface area (Å²) in [5.41, 5.74) is 3.29. The molecule has 2 amide bonds. The number of ether oxygens (including phenoxy) is 1. The van der Waals surface area contributed by atoms with Crippen molar-refractivity contribution in [2.24, 2.45) is 0 Å². The topological polar surface area (TPSA) is 48.0 Å². The number of amides is 2. The van der Waals surface area contributed by atoms with Crippen LogP contribution >= 0.6 is 0 Å². The van der Waals surface area contributed by atoms with Crippen molar-refractivity contribution < 1.29 is 9.53 Å². The zero-order valence-corrected chi connectivity index (χ0v) is 16.6. The molecule has 27 heavy (non-hydrogen) atoms. The van der Waals surface area contributed by atoms with E-state index in [-0.39, 0.29) is 6.03 Å². The lowest BCUT2D eigenvalue weighted by Crippen LogP contribution is -2.43. The quantitative estimate of drug-likeness (QED) is 0.886. The second-order valence-corrected chi connectivity index (χ2v) is 8.15. The number of benzene rings is 1. The van der Waals surface area contributed by atoms with Crippen molar-refractivity contribution in [2.45, 2.75) is 45.2 Å². The number of nitrogens with zero attached hydrogens (tertiary/aromatic N) is 3. The molecule has 0 radical (unpaired) electrons. The Hall–Kier alpha value is -1.79. The lowest BCUT2D eigenvalue weighted by atomic mass is 10.1. The van der Waals surface area contributed by atoms with Crippen LogP contribution < -0.4 is 10.2 Å². The number of aryl methyl sites for hydroxylation is 1. The van der Waals surface area contributed by atoms with E-state index in [2.05, 4.69) is 47.2 Å². The van der Waals surface area contributed by atoms with E-state index in [9.17, 15) is 4.79 Å². The number of hydrogen-bond acceptors (Lipinski definition) is 4. The third kappa shape index (κ3) is 4.06. The molecule has 0 aromatic heterocycles. The fourth-order valence-corrected chi connectivity index (χ4v) is 4.69. The summed E-state index contributed by atoms with van der Waals surface area (Å²) in [4.78, 5) is 19.4. The van der Waals surface area contributed by atoms with Gasteiger partial charge in [-0.2, -0.15) is 0 Å². The van der Waals surface area contributed by atoms with Crippen LogP contribution in [0.2, 0.25) is 0 Å². The Kier molecular flexibility index (Phi) is 5.55. The fraction of sp³-hybridized carbons (Fsp3) is 0.667. The molecule has 3 fully saturated rings. The van der Waals surface area contributed by atoms with Gasteiger partial charge in [-0.25, -0.2) is 4.79 Å². The first kappa shape index (κ1) is 18.6. The van der Waals surface area contributed by atoms with Crippen LogP contribution in [0.1, 0.15) is 31.7 Å². The normalized spacial score (nSPS) is 26.6. The van der Waals surface area contributed by atoms with Crippen molar-refractivity contribution in [1.82, 2.24) is 9.80 Å². The second-order valence-electron chi connectivity index (χ2n) is 8.15. The van der Waals surface area contributed by atoms with Gasteiger partial charge in [-0.05, 0) is 63.4 Å². The van der Waals surface area contributed by atoms with Crippen LogP contribution in [0.3, 0.4) is 0 Å². The third-order valence-electron chi connectivity index (χ3n) is 6.35. The number of likely N-dealkylation sites (tertiary alicyclic amines) is 1. The molecule has 3 aliphatic rings. The van der Waals surface area contributed by atoms with E-state index in [0.717, 1.165) is 30.4 Å². The maximum absolute atomic E-state index is 12.4. The first-order chi connectivity index (χ1) is 13.1. The number of rotatable bonds is 3. The summed E-state index contributed by atoms with van der Waals surface area (Å²) in [5.74, 6) is 0. The summed E-state index contributed by atoms with van der Waals surface area (Å²) in [7, 11) is 0. The molecule has 0 saturated carbocycles. The smallest absolute Gasteiger partial charge is 0.322 e. The van der Waals surface area contributed by atoms with E-state index in [1.165, 1.54) is 31.5 Å². The SMILES string of the molecule is Cc1cc(N2CC[C@H](N3CCC[C@@H]3C)C2)ccc1NC(=O)N1CCOCC1. The van der Waals surface area contributed by atoms with Crippen molar-refractivity contribution in [3.63, 3.8) is 0 Å². The lowest BCUT2D eigenvalue weighted by Gasteiger charge is -2.29. The molecule has 0 unspecified atom stereocenters. The van der Waals surface area contributed by atoms with Crippen LogP contribution in [0.25, 0.3) is 0 Å². The predicted octanol–water partition coefficient (Wildman–Crippen LogP) is 2.92. The summed E-state index contributed by atoms with van der Waals surface area (Å²) in [5, 5.41) is 3.06. The number of carbonyl (C=O) groups excluding carboxylic acids is 1. The third-order valence-corrected chi connectivity index (χ3v) is 6.35. The van der Waals surface area contributed by atoms with Crippen LogP contribution in [0.4, 0.5) is 16.2 Å². The Morgan fingerprint density at radius 2 is 1.96 bits per heavy atom. The van der Waals surface area contributed by atoms with E-state index in [0.29, 0.717) is 32.3 Å². The van der Waals surface area contributed by atoms with E-state index >= 15 is 0 Å². The highest BCUT2D eigenvalue weighted by atomic mass is 16.5. The van der Waals surface area contributed by atoms with Gasteiger partial charge >= 0.3 is 6.03 Å². The Bertz CT molecular complexity index is 674. The molecule has 3 saturated heterocycles. The van der Waals surface area contributed by atoms with Gasteiger partial charge in [-0.1, -0.05) is 0 Å². The zero-order valence-electron chi connectivity index (χ0n) is 16.6. The predicted molar refractivity (Wildman–Crippen MR) is 109 cm³/mol. The first-order valence-electron chi connectivity index (χ1n) is 10.4. The molecule has 6 heteroatoms. The summed E-state index contributed by atoms with van der Waals surface area (Å²) in [6, 6.07) is 7.80. The van der Waals surface area contributed by atoms with Gasteiger partial charge in [0.25, 0.3) is 0 Å². The number of urea groups is 1. The van der Waals surface area contributed by atoms with Crippen molar-refractivity contribution in [1.29, 1.82) is 0 Å². The van der Waals surface area contributed by atoms with Gasteiger partial charge in [0.1, 0.15) is 0 Å². The van der Waals surface area contributed by atoms with Gasteiger partial charge in [0, 0.05) is 49.6 Å². The van der Waals surface area contributed by atoms with E-state index in [4.69, 9.17) is 4.74 Å². The van der Waals surface area contributed by atoms with E-state index in [1.807, 2.05) is 4.90 Å². The molecule has 3 heterocycles. The van der Waals surface area contributed by atoms with Gasteiger partial charge in [0.2, 0.25) is 0 Å². The average Bonchev–Trinajstić information content (AvgIpc) is 3.33. The number of anilines is 2. The van der Waals surface area contributed by atoms with Crippen LogP contribution in [-0.4, -0.2) is 73.9 Å². The Balaban J connectivity index is 1.37. The first-order valence-corrected chi connectivity index (χ1v) is 10.4. The largest absolute Gasteiger partial charge is 0.378 e. The van der Waals surface area contributed by atoms with Gasteiger partial charge in [-0.15, -0.1) is 0 Å². The molecule has 1 N–H and O–H groups in total. The zero-order chi connectivity index (χ0) is 18.8. The van der Waals surface area contributed by atoms with Crippen molar-refractivity contribution in [3.05, 3.63) is 23.8 Å². The Labute approximate surface area is 162 Å². The molecule has 2 atom stereocenters. The minimum Gasteiger partial charge on any atom is -0.378 e. The number of morpholine rings is 1. The van der Waals surface area contributed by atoms with Gasteiger partial charge in [-0.3, -0.25) is 4.90 Å². The molecule has 1 aromatic carbocycles. The second kappa shape index (κ2) is 8.07. The van der Waals surface area contributed by atoms with Crippen molar-refractivity contribution in [3.8, 4) is 0 Å². The summed E-state index contributed by atoms with van der Waals surface area (Å²) >= 11 is 0. The number of nitrogens with one attached hydrogen (secondary N) is 1. The van der Waals surface area contributed by atoms with Crippen molar-refractivity contribution >= 4 is 17.4 Å². The average molecular weight is 373 g/mol. The Morgan fingerprint density at radius 1 is 1.15 bits per heavy atom. The molecule has 3 aliphatic heterocycles. The molecular formula is C21H32N4O2. The van der Waals surface area contributed by atoms with Gasteiger partial charge < -0.3 is 19.9 Å². The lowest BCUT2D eigenvalue weighted by molar-refractivity contribution is 0.0564. The maximum Gasteiger partial charge on any atom is 0.322 e. The van der Waals surface area contributed by atoms with E-state index in [1.54, 1.807) is 0 Å². The highest BCUT2D eigenvalue weighted by molar-refractivity contribution is 5.90. The minimum absolute atomic E-state index is 0.0293. The van der Waals surface area contributed by atoms with Gasteiger partial charge in [0.05, 0.1) is 13.2 Å². The molecule has 148 valence electrons. The minimum atomic E-state index is -0.0293. The van der Waals surface area contributed by atoms with Crippen LogP contribution in [-0.2, 0) is 4.74 Å². The monoisotopic (exact) mass is 372 g/mol.